The van der Waals surface area contributed by atoms with Gasteiger partial charge in [-0.3, -0.25) is 4.79 Å². The van der Waals surface area contributed by atoms with Gasteiger partial charge in [0, 0.05) is 11.0 Å². The molecule has 0 spiro atoms. The summed E-state index contributed by atoms with van der Waals surface area (Å²) in [5, 5.41) is 12.2. The Morgan fingerprint density at radius 3 is 2.83 bits per heavy atom. The van der Waals surface area contributed by atoms with Crippen LogP contribution >= 0.6 is 15.9 Å². The summed E-state index contributed by atoms with van der Waals surface area (Å²) in [7, 11) is 0. The number of hydrogen-bond acceptors (Lipinski definition) is 3. The van der Waals surface area contributed by atoms with Crippen LogP contribution in [-0.4, -0.2) is 30.3 Å². The minimum absolute atomic E-state index is 0.0543. The van der Waals surface area contributed by atoms with E-state index < -0.39 is 6.10 Å². The van der Waals surface area contributed by atoms with E-state index in [-0.39, 0.29) is 25.0 Å². The number of amides is 1. The normalized spacial score (nSPS) is 12.3. The Morgan fingerprint density at radius 2 is 2.22 bits per heavy atom. The average Bonchev–Trinajstić information content (AvgIpc) is 2.33. The lowest BCUT2D eigenvalue weighted by molar-refractivity contribution is -0.123. The average molecular weight is 316 g/mol. The van der Waals surface area contributed by atoms with Crippen molar-refractivity contribution >= 4 is 21.8 Å². The van der Waals surface area contributed by atoms with Gasteiger partial charge in [-0.15, -0.1) is 0 Å². The summed E-state index contributed by atoms with van der Waals surface area (Å²) in [6.07, 6.45) is -0.528. The predicted octanol–water partition coefficient (Wildman–Crippen LogP) is 1.96. The van der Waals surface area contributed by atoms with Crippen LogP contribution in [0.15, 0.2) is 28.7 Å². The van der Waals surface area contributed by atoms with Gasteiger partial charge < -0.3 is 15.2 Å². The van der Waals surface area contributed by atoms with E-state index in [0.29, 0.717) is 5.75 Å². The lowest BCUT2D eigenvalue weighted by Gasteiger charge is -2.15. The van der Waals surface area contributed by atoms with E-state index in [4.69, 9.17) is 4.74 Å². The molecule has 0 aliphatic carbocycles. The smallest absolute Gasteiger partial charge is 0.258 e. The van der Waals surface area contributed by atoms with Crippen molar-refractivity contribution in [1.82, 2.24) is 5.32 Å². The fourth-order valence-corrected chi connectivity index (χ4v) is 1.59. The number of halogens is 1. The first-order valence-corrected chi connectivity index (χ1v) is 6.61. The molecule has 1 rings (SSSR count). The van der Waals surface area contributed by atoms with Crippen LogP contribution in [0.2, 0.25) is 0 Å². The molecule has 4 nitrogen and oxygen atoms in total. The van der Waals surface area contributed by atoms with Crippen LogP contribution in [0.3, 0.4) is 0 Å². The number of carbonyl (C=O) groups excluding carboxylic acids is 1. The summed E-state index contributed by atoms with van der Waals surface area (Å²) in [5.74, 6) is 0.509. The first-order valence-electron chi connectivity index (χ1n) is 5.82. The Kier molecular flexibility index (Phi) is 6.15. The summed E-state index contributed by atoms with van der Waals surface area (Å²) >= 11 is 3.32. The molecule has 0 saturated heterocycles. The maximum Gasteiger partial charge on any atom is 0.258 e. The number of hydrogen-bond donors (Lipinski definition) is 2. The number of aliphatic hydroxyl groups is 1. The second kappa shape index (κ2) is 7.38. The summed E-state index contributed by atoms with van der Waals surface area (Å²) < 4.78 is 6.22. The van der Waals surface area contributed by atoms with Gasteiger partial charge in [0.2, 0.25) is 0 Å². The van der Waals surface area contributed by atoms with Crippen LogP contribution in [0.4, 0.5) is 0 Å². The van der Waals surface area contributed by atoms with E-state index in [9.17, 15) is 9.90 Å². The zero-order valence-electron chi connectivity index (χ0n) is 10.5. The van der Waals surface area contributed by atoms with Crippen molar-refractivity contribution in [2.24, 2.45) is 5.92 Å². The third-order valence-corrected chi connectivity index (χ3v) is 2.94. The third kappa shape index (κ3) is 5.51. The molecule has 18 heavy (non-hydrogen) atoms. The molecule has 0 bridgehead atoms. The molecule has 2 N–H and O–H groups in total. The molecular formula is C13H18BrNO3. The van der Waals surface area contributed by atoms with Gasteiger partial charge in [0.25, 0.3) is 5.91 Å². The monoisotopic (exact) mass is 315 g/mol. The van der Waals surface area contributed by atoms with E-state index in [0.717, 1.165) is 4.47 Å². The standard InChI is InChI=1S/C13H18BrNO3/c1-9(2)12(16)7-15-13(17)8-18-11-5-3-4-10(14)6-11/h3-6,9,12,16H,7-8H2,1-2H3,(H,15,17). The van der Waals surface area contributed by atoms with E-state index in [1.165, 1.54) is 0 Å². The number of benzene rings is 1. The van der Waals surface area contributed by atoms with E-state index in [1.54, 1.807) is 12.1 Å². The van der Waals surface area contributed by atoms with Crippen molar-refractivity contribution in [2.75, 3.05) is 13.2 Å². The van der Waals surface area contributed by atoms with Crippen molar-refractivity contribution < 1.29 is 14.6 Å². The largest absolute Gasteiger partial charge is 0.484 e. The molecule has 1 aromatic carbocycles. The molecule has 0 fully saturated rings. The summed E-state index contributed by atoms with van der Waals surface area (Å²) in [4.78, 5) is 11.5. The van der Waals surface area contributed by atoms with Gasteiger partial charge in [-0.2, -0.15) is 0 Å². The maximum atomic E-state index is 11.5. The topological polar surface area (TPSA) is 58.6 Å². The summed E-state index contributed by atoms with van der Waals surface area (Å²) in [6, 6.07) is 7.28. The first kappa shape index (κ1) is 15.0. The van der Waals surface area contributed by atoms with Gasteiger partial charge in [0.05, 0.1) is 6.10 Å². The highest BCUT2D eigenvalue weighted by atomic mass is 79.9. The Bertz CT molecular complexity index is 396. The number of aliphatic hydroxyl groups excluding tert-OH is 1. The lowest BCUT2D eigenvalue weighted by atomic mass is 10.1. The van der Waals surface area contributed by atoms with Gasteiger partial charge >= 0.3 is 0 Å². The van der Waals surface area contributed by atoms with Crippen LogP contribution < -0.4 is 10.1 Å². The molecule has 100 valence electrons. The van der Waals surface area contributed by atoms with E-state index >= 15 is 0 Å². The molecule has 1 aromatic rings. The van der Waals surface area contributed by atoms with Crippen LogP contribution in [0.25, 0.3) is 0 Å². The van der Waals surface area contributed by atoms with Crippen molar-refractivity contribution in [3.63, 3.8) is 0 Å². The molecule has 1 atom stereocenters. The Hall–Kier alpha value is -1.07. The van der Waals surface area contributed by atoms with Gasteiger partial charge in [-0.05, 0) is 24.1 Å². The zero-order chi connectivity index (χ0) is 13.5. The van der Waals surface area contributed by atoms with Crippen LogP contribution in [0.5, 0.6) is 5.75 Å². The highest BCUT2D eigenvalue weighted by molar-refractivity contribution is 9.10. The van der Waals surface area contributed by atoms with E-state index in [2.05, 4.69) is 21.2 Å². The number of carbonyl (C=O) groups is 1. The van der Waals surface area contributed by atoms with E-state index in [1.807, 2.05) is 26.0 Å². The molecule has 0 saturated carbocycles. The minimum atomic E-state index is -0.528. The van der Waals surface area contributed by atoms with Crippen LogP contribution in [0.1, 0.15) is 13.8 Å². The van der Waals surface area contributed by atoms with Gasteiger partial charge in [0.1, 0.15) is 5.75 Å². The SMILES string of the molecule is CC(C)C(O)CNC(=O)COc1cccc(Br)c1. The maximum absolute atomic E-state index is 11.5. The Labute approximate surface area is 115 Å². The molecule has 0 aromatic heterocycles. The van der Waals surface area contributed by atoms with Crippen LogP contribution in [-0.2, 0) is 4.79 Å². The first-order chi connectivity index (χ1) is 8.49. The Balaban J connectivity index is 2.29. The molecule has 0 aliphatic rings. The molecular weight excluding hydrogens is 298 g/mol. The number of rotatable bonds is 6. The predicted molar refractivity (Wildman–Crippen MR) is 73.5 cm³/mol. The third-order valence-electron chi connectivity index (χ3n) is 2.44. The molecule has 1 unspecified atom stereocenters. The second-order valence-electron chi connectivity index (χ2n) is 4.36. The molecule has 0 heterocycles. The molecule has 0 radical (unpaired) electrons. The lowest BCUT2D eigenvalue weighted by Crippen LogP contribution is -2.37. The van der Waals surface area contributed by atoms with Crippen molar-refractivity contribution in [3.8, 4) is 5.75 Å². The highest BCUT2D eigenvalue weighted by Gasteiger charge is 2.10. The fraction of sp³-hybridized carbons (Fsp3) is 0.462. The summed E-state index contributed by atoms with van der Waals surface area (Å²) in [5.41, 5.74) is 0. The van der Waals surface area contributed by atoms with Gasteiger partial charge in [-0.25, -0.2) is 0 Å². The molecule has 1 amide bonds. The van der Waals surface area contributed by atoms with Crippen molar-refractivity contribution in [1.29, 1.82) is 0 Å². The molecule has 5 heteroatoms. The zero-order valence-corrected chi connectivity index (χ0v) is 12.1. The van der Waals surface area contributed by atoms with Gasteiger partial charge in [0.15, 0.2) is 6.61 Å². The highest BCUT2D eigenvalue weighted by Crippen LogP contribution is 2.17. The number of ether oxygens (including phenoxy) is 1. The number of nitrogens with one attached hydrogen (secondary N) is 1. The van der Waals surface area contributed by atoms with Crippen LogP contribution in [0, 0.1) is 5.92 Å². The Morgan fingerprint density at radius 1 is 1.50 bits per heavy atom. The van der Waals surface area contributed by atoms with Crippen molar-refractivity contribution in [3.05, 3.63) is 28.7 Å². The second-order valence-corrected chi connectivity index (χ2v) is 5.28. The fourth-order valence-electron chi connectivity index (χ4n) is 1.21. The quantitative estimate of drug-likeness (QED) is 0.843. The van der Waals surface area contributed by atoms with Crippen molar-refractivity contribution in [2.45, 2.75) is 20.0 Å². The molecule has 0 aliphatic heterocycles. The van der Waals surface area contributed by atoms with Gasteiger partial charge in [-0.1, -0.05) is 35.8 Å². The summed E-state index contributed by atoms with van der Waals surface area (Å²) in [6.45, 7) is 3.99. The minimum Gasteiger partial charge on any atom is -0.484 e.